The fourth-order valence-corrected chi connectivity index (χ4v) is 2.36. The summed E-state index contributed by atoms with van der Waals surface area (Å²) in [5, 5.41) is 6.24. The number of hydrogen-bond acceptors (Lipinski definition) is 5. The molecule has 1 aliphatic rings. The van der Waals surface area contributed by atoms with Crippen LogP contribution in [0, 0.1) is 11.6 Å². The molecule has 0 spiro atoms. The third-order valence-electron chi connectivity index (χ3n) is 3.54. The molecule has 1 aromatic heterocycles. The second-order valence-corrected chi connectivity index (χ2v) is 5.19. The van der Waals surface area contributed by atoms with Crippen molar-refractivity contribution >= 4 is 5.91 Å². The molecule has 0 unspecified atom stereocenters. The first-order chi connectivity index (χ1) is 11.1. The fraction of sp³-hybridized carbons (Fsp3) is 0.400. The molecule has 23 heavy (non-hydrogen) atoms. The van der Waals surface area contributed by atoms with Crippen LogP contribution in [0.4, 0.5) is 8.78 Å². The highest BCUT2D eigenvalue weighted by Gasteiger charge is 2.23. The number of rotatable bonds is 4. The van der Waals surface area contributed by atoms with E-state index >= 15 is 0 Å². The molecular weight excluding hydrogens is 308 g/mol. The number of nitrogens with zero attached hydrogens (tertiary/aromatic N) is 2. The monoisotopic (exact) mass is 323 g/mol. The van der Waals surface area contributed by atoms with Crippen LogP contribution in [0.5, 0.6) is 0 Å². The van der Waals surface area contributed by atoms with Crippen LogP contribution < -0.4 is 5.32 Å². The highest BCUT2D eigenvalue weighted by atomic mass is 19.1. The van der Waals surface area contributed by atoms with E-state index in [1.807, 2.05) is 0 Å². The lowest BCUT2D eigenvalue weighted by Gasteiger charge is -2.21. The quantitative estimate of drug-likeness (QED) is 0.933. The highest BCUT2D eigenvalue weighted by molar-refractivity contribution is 5.80. The first-order valence-electron chi connectivity index (χ1n) is 7.31. The summed E-state index contributed by atoms with van der Waals surface area (Å²) >= 11 is 0. The van der Waals surface area contributed by atoms with Crippen molar-refractivity contribution in [1.29, 1.82) is 0 Å². The Morgan fingerprint density at radius 2 is 2.09 bits per heavy atom. The molecule has 0 aliphatic carbocycles. The second kappa shape index (κ2) is 6.82. The van der Waals surface area contributed by atoms with E-state index in [1.54, 1.807) is 0 Å². The van der Waals surface area contributed by atoms with Gasteiger partial charge in [-0.15, -0.1) is 0 Å². The summed E-state index contributed by atoms with van der Waals surface area (Å²) in [5.74, 6) is -1.97. The lowest BCUT2D eigenvalue weighted by atomic mass is 10.1. The van der Waals surface area contributed by atoms with E-state index in [2.05, 4.69) is 15.5 Å². The van der Waals surface area contributed by atoms with E-state index in [9.17, 15) is 13.6 Å². The second-order valence-electron chi connectivity index (χ2n) is 5.19. The molecule has 0 bridgehead atoms. The zero-order valence-corrected chi connectivity index (χ0v) is 12.2. The van der Waals surface area contributed by atoms with Crippen molar-refractivity contribution in [3.05, 3.63) is 35.7 Å². The normalized spacial score (nSPS) is 17.9. The predicted molar refractivity (Wildman–Crippen MR) is 75.1 cm³/mol. The molecule has 2 aromatic rings. The van der Waals surface area contributed by atoms with Gasteiger partial charge in [0, 0.05) is 6.61 Å². The summed E-state index contributed by atoms with van der Waals surface area (Å²) in [6, 6.07) is 3.45. The fourth-order valence-electron chi connectivity index (χ4n) is 2.36. The van der Waals surface area contributed by atoms with Crippen LogP contribution in [0.15, 0.2) is 22.7 Å². The summed E-state index contributed by atoms with van der Waals surface area (Å²) in [7, 11) is 0. The molecule has 1 fully saturated rings. The van der Waals surface area contributed by atoms with Crippen molar-refractivity contribution in [2.45, 2.75) is 31.9 Å². The average Bonchev–Trinajstić information content (AvgIpc) is 3.02. The first-order valence-corrected chi connectivity index (χ1v) is 7.31. The van der Waals surface area contributed by atoms with Crippen LogP contribution in [-0.2, 0) is 16.1 Å². The van der Waals surface area contributed by atoms with Gasteiger partial charge in [-0.2, -0.15) is 4.98 Å². The number of carbonyl (C=O) groups is 1. The molecular formula is C15H15F2N3O3. The first kappa shape index (κ1) is 15.5. The smallest absolute Gasteiger partial charge is 0.263 e. The van der Waals surface area contributed by atoms with Crippen LogP contribution in [-0.4, -0.2) is 28.8 Å². The summed E-state index contributed by atoms with van der Waals surface area (Å²) in [4.78, 5) is 15.8. The summed E-state index contributed by atoms with van der Waals surface area (Å²) < 4.78 is 37.5. The van der Waals surface area contributed by atoms with Crippen molar-refractivity contribution in [3.63, 3.8) is 0 Å². The Morgan fingerprint density at radius 3 is 2.78 bits per heavy atom. The van der Waals surface area contributed by atoms with Crippen LogP contribution >= 0.6 is 0 Å². The molecule has 1 amide bonds. The van der Waals surface area contributed by atoms with Crippen LogP contribution in [0.1, 0.15) is 25.1 Å². The lowest BCUT2D eigenvalue weighted by molar-refractivity contribution is -0.135. The zero-order chi connectivity index (χ0) is 16.2. The molecule has 8 heteroatoms. The molecule has 0 radical (unpaired) electrons. The minimum Gasteiger partial charge on any atom is -0.368 e. The molecule has 122 valence electrons. The molecule has 1 aliphatic heterocycles. The Balaban J connectivity index is 1.64. The molecule has 6 nitrogen and oxygen atoms in total. The van der Waals surface area contributed by atoms with E-state index in [-0.39, 0.29) is 29.7 Å². The maximum absolute atomic E-state index is 13.6. The number of hydrogen-bond donors (Lipinski definition) is 1. The lowest BCUT2D eigenvalue weighted by Crippen LogP contribution is -2.38. The maximum atomic E-state index is 13.6. The maximum Gasteiger partial charge on any atom is 0.263 e. The van der Waals surface area contributed by atoms with Crippen LogP contribution in [0.25, 0.3) is 11.5 Å². The Hall–Kier alpha value is -2.35. The highest BCUT2D eigenvalue weighted by Crippen LogP contribution is 2.24. The van der Waals surface area contributed by atoms with Gasteiger partial charge in [-0.1, -0.05) is 11.2 Å². The Morgan fingerprint density at radius 1 is 1.30 bits per heavy atom. The summed E-state index contributed by atoms with van der Waals surface area (Å²) in [6.45, 7) is 0.565. The van der Waals surface area contributed by atoms with E-state index in [0.717, 1.165) is 25.0 Å². The van der Waals surface area contributed by atoms with Crippen molar-refractivity contribution < 1.29 is 22.8 Å². The number of amides is 1. The molecule has 3 rings (SSSR count). The zero-order valence-electron chi connectivity index (χ0n) is 12.2. The SMILES string of the molecule is O=C(NCc1noc(-c2c(F)cccc2F)n1)[C@H]1CCCCO1. The van der Waals surface area contributed by atoms with Gasteiger partial charge >= 0.3 is 0 Å². The topological polar surface area (TPSA) is 77.3 Å². The van der Waals surface area contributed by atoms with E-state index in [0.29, 0.717) is 13.0 Å². The molecule has 1 saturated heterocycles. The van der Waals surface area contributed by atoms with Crippen molar-refractivity contribution in [2.24, 2.45) is 0 Å². The Bertz CT molecular complexity index is 679. The number of ether oxygens (including phenoxy) is 1. The largest absolute Gasteiger partial charge is 0.368 e. The van der Waals surface area contributed by atoms with Gasteiger partial charge in [0.1, 0.15) is 23.3 Å². The van der Waals surface area contributed by atoms with Gasteiger partial charge in [0.2, 0.25) is 5.91 Å². The minimum atomic E-state index is -0.792. The number of benzene rings is 1. The molecule has 2 heterocycles. The van der Waals surface area contributed by atoms with Gasteiger partial charge in [0.05, 0.1) is 6.54 Å². The van der Waals surface area contributed by atoms with Gasteiger partial charge in [-0.3, -0.25) is 4.79 Å². The number of halogens is 2. The predicted octanol–water partition coefficient (Wildman–Crippen LogP) is 2.20. The standard InChI is InChI=1S/C15H15F2N3O3/c16-9-4-3-5-10(17)13(9)15-19-12(20-23-15)8-18-14(21)11-6-1-2-7-22-11/h3-5,11H,1-2,6-8H2,(H,18,21)/t11-/m1/s1. The number of aromatic nitrogens is 2. The van der Waals surface area contributed by atoms with Gasteiger partial charge in [0.25, 0.3) is 5.89 Å². The van der Waals surface area contributed by atoms with Crippen LogP contribution in [0.2, 0.25) is 0 Å². The van der Waals surface area contributed by atoms with Gasteiger partial charge in [-0.05, 0) is 31.4 Å². The Labute approximate surface area is 130 Å². The van der Waals surface area contributed by atoms with Gasteiger partial charge in [0.15, 0.2) is 5.82 Å². The van der Waals surface area contributed by atoms with Crippen molar-refractivity contribution in [3.8, 4) is 11.5 Å². The minimum absolute atomic E-state index is 0.00172. The third kappa shape index (κ3) is 3.53. The third-order valence-corrected chi connectivity index (χ3v) is 3.54. The Kier molecular flexibility index (Phi) is 4.61. The summed E-state index contributed by atoms with van der Waals surface area (Å²) in [5.41, 5.74) is -0.381. The molecule has 1 aromatic carbocycles. The van der Waals surface area contributed by atoms with E-state index in [4.69, 9.17) is 9.26 Å². The van der Waals surface area contributed by atoms with E-state index < -0.39 is 17.7 Å². The molecule has 1 N–H and O–H groups in total. The number of nitrogens with one attached hydrogen (secondary N) is 1. The van der Waals surface area contributed by atoms with Gasteiger partial charge < -0.3 is 14.6 Å². The summed E-state index contributed by atoms with van der Waals surface area (Å²) in [6.07, 6.45) is 2.09. The molecule has 0 saturated carbocycles. The number of carbonyl (C=O) groups excluding carboxylic acids is 1. The van der Waals surface area contributed by atoms with Gasteiger partial charge in [-0.25, -0.2) is 8.78 Å². The van der Waals surface area contributed by atoms with Crippen molar-refractivity contribution in [1.82, 2.24) is 15.5 Å². The van der Waals surface area contributed by atoms with E-state index in [1.165, 1.54) is 6.07 Å². The van der Waals surface area contributed by atoms with Crippen molar-refractivity contribution in [2.75, 3.05) is 6.61 Å². The molecule has 1 atom stereocenters. The average molecular weight is 323 g/mol. The van der Waals surface area contributed by atoms with Crippen LogP contribution in [0.3, 0.4) is 0 Å².